The monoisotopic (exact) mass is 170 g/mol. The van der Waals surface area contributed by atoms with Crippen molar-refractivity contribution in [3.05, 3.63) is 47.4 Å². The normalized spacial score (nSPS) is 9.69. The quantitative estimate of drug-likeness (QED) is 0.668. The summed E-state index contributed by atoms with van der Waals surface area (Å²) < 4.78 is 0. The van der Waals surface area contributed by atoms with E-state index in [2.05, 4.69) is 12.6 Å². The van der Waals surface area contributed by atoms with Crippen LogP contribution in [0.15, 0.2) is 24.8 Å². The molecular formula is C12H12N. The molecule has 65 valence electrons. The van der Waals surface area contributed by atoms with Gasteiger partial charge in [0, 0.05) is 0 Å². The molecular weight excluding hydrogens is 158 g/mol. The zero-order chi connectivity index (χ0) is 9.84. The summed E-state index contributed by atoms with van der Waals surface area (Å²) in [6.07, 6.45) is 1.74. The molecule has 1 radical (unpaired) electrons. The van der Waals surface area contributed by atoms with Crippen molar-refractivity contribution in [3.63, 3.8) is 0 Å². The molecule has 1 aromatic carbocycles. The SMILES string of the molecule is C=Cc1c(C#N)cccc1[C](C)C. The van der Waals surface area contributed by atoms with E-state index in [1.807, 2.05) is 32.0 Å². The van der Waals surface area contributed by atoms with Crippen LogP contribution in [0, 0.1) is 17.2 Å². The van der Waals surface area contributed by atoms with Crippen LogP contribution in [-0.4, -0.2) is 0 Å². The molecule has 0 N–H and O–H groups in total. The molecule has 0 aromatic heterocycles. The standard InChI is InChI=1S/C12H12N/c1-4-11-10(8-13)6-5-7-12(11)9(2)3/h4-7H,1H2,2-3H3. The topological polar surface area (TPSA) is 23.8 Å². The number of hydrogen-bond acceptors (Lipinski definition) is 1. The molecule has 0 unspecified atom stereocenters. The Balaban J connectivity index is 3.37. The van der Waals surface area contributed by atoms with Gasteiger partial charge in [0.2, 0.25) is 0 Å². The molecule has 1 heteroatoms. The molecule has 13 heavy (non-hydrogen) atoms. The van der Waals surface area contributed by atoms with Crippen molar-refractivity contribution in [3.8, 4) is 6.07 Å². The fraction of sp³-hybridized carbons (Fsp3) is 0.167. The van der Waals surface area contributed by atoms with Crippen LogP contribution >= 0.6 is 0 Å². The lowest BCUT2D eigenvalue weighted by atomic mass is 9.94. The molecule has 0 atom stereocenters. The number of hydrogen-bond donors (Lipinski definition) is 0. The molecule has 0 amide bonds. The fourth-order valence-corrected chi connectivity index (χ4v) is 1.32. The fourth-order valence-electron chi connectivity index (χ4n) is 1.32. The predicted octanol–water partition coefficient (Wildman–Crippen LogP) is 3.16. The van der Waals surface area contributed by atoms with Crippen LogP contribution in [0.3, 0.4) is 0 Å². The first-order valence-corrected chi connectivity index (χ1v) is 4.16. The molecule has 0 aliphatic rings. The minimum absolute atomic E-state index is 0.689. The molecule has 1 rings (SSSR count). The average Bonchev–Trinajstić information content (AvgIpc) is 2.16. The molecule has 0 aliphatic carbocycles. The van der Waals surface area contributed by atoms with E-state index in [-0.39, 0.29) is 0 Å². The van der Waals surface area contributed by atoms with Crippen LogP contribution in [0.5, 0.6) is 0 Å². The Morgan fingerprint density at radius 3 is 2.62 bits per heavy atom. The lowest BCUT2D eigenvalue weighted by molar-refractivity contribution is 1.14. The largest absolute Gasteiger partial charge is 0.192 e. The van der Waals surface area contributed by atoms with Gasteiger partial charge in [-0.05, 0) is 23.1 Å². The lowest BCUT2D eigenvalue weighted by Crippen LogP contribution is -1.94. The van der Waals surface area contributed by atoms with Crippen molar-refractivity contribution in [1.82, 2.24) is 0 Å². The average molecular weight is 170 g/mol. The van der Waals surface area contributed by atoms with E-state index in [4.69, 9.17) is 5.26 Å². The van der Waals surface area contributed by atoms with Gasteiger partial charge in [0.25, 0.3) is 0 Å². The van der Waals surface area contributed by atoms with E-state index in [1.165, 1.54) is 5.92 Å². The Bertz CT molecular complexity index is 356. The first-order chi connectivity index (χ1) is 6.20. The second-order valence-electron chi connectivity index (χ2n) is 3.08. The number of benzene rings is 1. The lowest BCUT2D eigenvalue weighted by Gasteiger charge is -2.09. The number of nitrogens with zero attached hydrogens (tertiary/aromatic N) is 1. The van der Waals surface area contributed by atoms with Crippen molar-refractivity contribution < 1.29 is 0 Å². The Morgan fingerprint density at radius 2 is 2.15 bits per heavy atom. The smallest absolute Gasteiger partial charge is 0.0998 e. The summed E-state index contributed by atoms with van der Waals surface area (Å²) in [5.41, 5.74) is 2.73. The molecule has 0 bridgehead atoms. The van der Waals surface area contributed by atoms with Crippen LogP contribution in [0.25, 0.3) is 6.08 Å². The Labute approximate surface area is 79.3 Å². The van der Waals surface area contributed by atoms with E-state index < -0.39 is 0 Å². The van der Waals surface area contributed by atoms with Crippen molar-refractivity contribution in [2.75, 3.05) is 0 Å². The summed E-state index contributed by atoms with van der Waals surface area (Å²) >= 11 is 0. The maximum atomic E-state index is 8.85. The van der Waals surface area contributed by atoms with Gasteiger partial charge in [0.05, 0.1) is 11.6 Å². The highest BCUT2D eigenvalue weighted by Crippen LogP contribution is 2.22. The van der Waals surface area contributed by atoms with Gasteiger partial charge in [-0.15, -0.1) is 0 Å². The van der Waals surface area contributed by atoms with Gasteiger partial charge in [-0.3, -0.25) is 0 Å². The molecule has 0 saturated heterocycles. The van der Waals surface area contributed by atoms with Gasteiger partial charge in [0.15, 0.2) is 0 Å². The summed E-state index contributed by atoms with van der Waals surface area (Å²) in [7, 11) is 0. The summed E-state index contributed by atoms with van der Waals surface area (Å²) in [5.74, 6) is 1.20. The van der Waals surface area contributed by atoms with Gasteiger partial charge in [0.1, 0.15) is 0 Å². The Kier molecular flexibility index (Phi) is 2.87. The van der Waals surface area contributed by atoms with Crippen molar-refractivity contribution >= 4 is 6.08 Å². The highest BCUT2D eigenvalue weighted by atomic mass is 14.2. The van der Waals surface area contributed by atoms with E-state index in [0.717, 1.165) is 11.1 Å². The van der Waals surface area contributed by atoms with Crippen molar-refractivity contribution in [2.24, 2.45) is 0 Å². The zero-order valence-electron chi connectivity index (χ0n) is 7.96. The van der Waals surface area contributed by atoms with Crippen LogP contribution in [-0.2, 0) is 0 Å². The highest BCUT2D eigenvalue weighted by Gasteiger charge is 2.07. The highest BCUT2D eigenvalue weighted by molar-refractivity contribution is 5.63. The van der Waals surface area contributed by atoms with Gasteiger partial charge in [-0.25, -0.2) is 0 Å². The predicted molar refractivity (Wildman–Crippen MR) is 54.9 cm³/mol. The molecule has 0 saturated carbocycles. The number of nitriles is 1. The summed E-state index contributed by atoms with van der Waals surface area (Å²) in [4.78, 5) is 0. The van der Waals surface area contributed by atoms with Crippen LogP contribution < -0.4 is 0 Å². The maximum absolute atomic E-state index is 8.85. The number of rotatable bonds is 2. The Hall–Kier alpha value is -1.55. The van der Waals surface area contributed by atoms with E-state index in [9.17, 15) is 0 Å². The first-order valence-electron chi connectivity index (χ1n) is 4.16. The third-order valence-corrected chi connectivity index (χ3v) is 1.97. The maximum Gasteiger partial charge on any atom is 0.0998 e. The summed E-state index contributed by atoms with van der Waals surface area (Å²) in [6.45, 7) is 7.78. The molecule has 0 heterocycles. The first kappa shape index (κ1) is 9.54. The second kappa shape index (κ2) is 3.91. The van der Waals surface area contributed by atoms with Gasteiger partial charge in [-0.1, -0.05) is 38.6 Å². The summed E-state index contributed by atoms with van der Waals surface area (Å²) in [6, 6.07) is 7.87. The second-order valence-corrected chi connectivity index (χ2v) is 3.08. The van der Waals surface area contributed by atoms with Gasteiger partial charge >= 0.3 is 0 Å². The molecule has 1 nitrogen and oxygen atoms in total. The Morgan fingerprint density at radius 1 is 1.46 bits per heavy atom. The van der Waals surface area contributed by atoms with Crippen LogP contribution in [0.2, 0.25) is 0 Å². The zero-order valence-corrected chi connectivity index (χ0v) is 7.96. The van der Waals surface area contributed by atoms with Crippen LogP contribution in [0.1, 0.15) is 30.5 Å². The van der Waals surface area contributed by atoms with Gasteiger partial charge < -0.3 is 0 Å². The minimum atomic E-state index is 0.689. The minimum Gasteiger partial charge on any atom is -0.192 e. The molecule has 0 spiro atoms. The van der Waals surface area contributed by atoms with E-state index in [1.54, 1.807) is 6.08 Å². The summed E-state index contributed by atoms with van der Waals surface area (Å²) in [5, 5.41) is 8.85. The van der Waals surface area contributed by atoms with Gasteiger partial charge in [-0.2, -0.15) is 5.26 Å². The molecule has 0 fully saturated rings. The molecule has 0 aliphatic heterocycles. The van der Waals surface area contributed by atoms with E-state index >= 15 is 0 Å². The van der Waals surface area contributed by atoms with Crippen molar-refractivity contribution in [2.45, 2.75) is 13.8 Å². The molecule has 1 aromatic rings. The van der Waals surface area contributed by atoms with Crippen LogP contribution in [0.4, 0.5) is 0 Å². The van der Waals surface area contributed by atoms with E-state index in [0.29, 0.717) is 5.56 Å². The third kappa shape index (κ3) is 1.78. The third-order valence-electron chi connectivity index (χ3n) is 1.97. The van der Waals surface area contributed by atoms with Crippen molar-refractivity contribution in [1.29, 1.82) is 5.26 Å².